The van der Waals surface area contributed by atoms with Gasteiger partial charge in [-0.05, 0) is 24.1 Å². The van der Waals surface area contributed by atoms with Crippen LogP contribution >= 0.6 is 0 Å². The van der Waals surface area contributed by atoms with Crippen molar-refractivity contribution in [2.45, 2.75) is 6.42 Å². The van der Waals surface area contributed by atoms with Gasteiger partial charge in [0.1, 0.15) is 5.75 Å². The molecule has 116 valence electrons. The second-order valence-corrected chi connectivity index (χ2v) is 5.09. The minimum atomic E-state index is -0.300. The molecule has 1 heterocycles. The monoisotopic (exact) mass is 308 g/mol. The first-order valence-electron chi connectivity index (χ1n) is 7.31. The summed E-state index contributed by atoms with van der Waals surface area (Å²) in [5.41, 5.74) is 1.85. The molecule has 0 aliphatic rings. The molecule has 0 unspecified atom stereocenters. The third kappa shape index (κ3) is 3.58. The molecule has 0 fully saturated rings. The maximum Gasteiger partial charge on any atom is 0.273 e. The Morgan fingerprint density at radius 1 is 1.09 bits per heavy atom. The molecule has 5 heteroatoms. The maximum absolute atomic E-state index is 12.1. The summed E-state index contributed by atoms with van der Waals surface area (Å²) in [6, 6.07) is 18.2. The fourth-order valence-electron chi connectivity index (χ4n) is 2.25. The lowest BCUT2D eigenvalue weighted by atomic mass is 10.1. The van der Waals surface area contributed by atoms with Crippen molar-refractivity contribution in [2.24, 2.45) is 0 Å². The van der Waals surface area contributed by atoms with Gasteiger partial charge in [0.15, 0.2) is 11.5 Å². The van der Waals surface area contributed by atoms with Crippen LogP contribution in [0.5, 0.6) is 5.75 Å². The molecule has 0 radical (unpaired) electrons. The predicted octanol–water partition coefficient (Wildman–Crippen LogP) is 3.02. The summed E-state index contributed by atoms with van der Waals surface area (Å²) in [5.74, 6) is 0.141. The summed E-state index contributed by atoms with van der Waals surface area (Å²) in [4.78, 5) is 12.1. The highest BCUT2D eigenvalue weighted by atomic mass is 16.5. The van der Waals surface area contributed by atoms with Crippen LogP contribution in [0.25, 0.3) is 11.3 Å². The Labute approximate surface area is 133 Å². The zero-order chi connectivity index (χ0) is 16.1. The lowest BCUT2D eigenvalue weighted by Gasteiger charge is -2.02. The van der Waals surface area contributed by atoms with Crippen molar-refractivity contribution >= 4 is 5.91 Å². The first-order chi connectivity index (χ1) is 11.2. The fourth-order valence-corrected chi connectivity index (χ4v) is 2.25. The van der Waals surface area contributed by atoms with Gasteiger partial charge in [0, 0.05) is 12.6 Å². The highest BCUT2D eigenvalue weighted by molar-refractivity contribution is 5.93. The molecule has 0 saturated heterocycles. The quantitative estimate of drug-likeness (QED) is 0.759. The number of aromatic hydroxyl groups is 1. The van der Waals surface area contributed by atoms with E-state index >= 15 is 0 Å². The molecule has 5 nitrogen and oxygen atoms in total. The van der Waals surface area contributed by atoms with E-state index in [0.717, 1.165) is 12.0 Å². The molecular weight excluding hydrogens is 292 g/mol. The van der Waals surface area contributed by atoms with E-state index in [1.807, 2.05) is 30.3 Å². The summed E-state index contributed by atoms with van der Waals surface area (Å²) in [6.45, 7) is 0.516. The molecule has 0 bridgehead atoms. The van der Waals surface area contributed by atoms with Crippen molar-refractivity contribution in [2.75, 3.05) is 6.54 Å². The highest BCUT2D eigenvalue weighted by Crippen LogP contribution is 2.28. The Hall–Kier alpha value is -3.08. The van der Waals surface area contributed by atoms with Crippen LogP contribution in [0, 0.1) is 0 Å². The first-order valence-corrected chi connectivity index (χ1v) is 7.31. The van der Waals surface area contributed by atoms with Crippen LogP contribution in [-0.4, -0.2) is 22.7 Å². The second-order valence-electron chi connectivity index (χ2n) is 5.09. The number of hydrogen-bond donors (Lipinski definition) is 2. The third-order valence-corrected chi connectivity index (χ3v) is 3.45. The van der Waals surface area contributed by atoms with Gasteiger partial charge in [-0.2, -0.15) is 0 Å². The standard InChI is InChI=1S/C18H16N2O3/c21-16-9-5-4-8-14(16)17-12-15(20-23-17)18(22)19-11-10-13-6-2-1-3-7-13/h1-9,12,21H,10-11H2,(H,19,22). The number of hydrogen-bond acceptors (Lipinski definition) is 4. The van der Waals surface area contributed by atoms with Gasteiger partial charge < -0.3 is 14.9 Å². The zero-order valence-corrected chi connectivity index (χ0v) is 12.4. The van der Waals surface area contributed by atoms with Gasteiger partial charge in [-0.15, -0.1) is 0 Å². The van der Waals surface area contributed by atoms with Crippen LogP contribution in [0.1, 0.15) is 16.1 Å². The van der Waals surface area contributed by atoms with Crippen LogP contribution < -0.4 is 5.32 Å². The molecule has 0 aliphatic heterocycles. The third-order valence-electron chi connectivity index (χ3n) is 3.45. The Bertz CT molecular complexity index is 797. The molecule has 3 rings (SSSR count). The molecule has 1 amide bonds. The van der Waals surface area contributed by atoms with Gasteiger partial charge in [0.25, 0.3) is 5.91 Å². The van der Waals surface area contributed by atoms with Crippen LogP contribution in [-0.2, 0) is 6.42 Å². The summed E-state index contributed by atoms with van der Waals surface area (Å²) in [5, 5.41) is 16.4. The maximum atomic E-state index is 12.1. The number of phenolic OH excluding ortho intramolecular Hbond substituents is 1. The SMILES string of the molecule is O=C(NCCc1ccccc1)c1cc(-c2ccccc2O)on1. The number of nitrogens with one attached hydrogen (secondary N) is 1. The number of carbonyl (C=O) groups is 1. The Morgan fingerprint density at radius 2 is 1.83 bits per heavy atom. The minimum Gasteiger partial charge on any atom is -0.507 e. The van der Waals surface area contributed by atoms with E-state index < -0.39 is 0 Å². The fraction of sp³-hybridized carbons (Fsp3) is 0.111. The second kappa shape index (κ2) is 6.79. The summed E-state index contributed by atoms with van der Waals surface area (Å²) < 4.78 is 5.15. The average molecular weight is 308 g/mol. The summed E-state index contributed by atoms with van der Waals surface area (Å²) >= 11 is 0. The molecule has 0 spiro atoms. The topological polar surface area (TPSA) is 75.4 Å². The number of phenols is 1. The molecule has 2 aromatic carbocycles. The molecular formula is C18H16N2O3. The molecule has 0 saturated carbocycles. The number of aromatic nitrogens is 1. The van der Waals surface area contributed by atoms with E-state index in [4.69, 9.17) is 4.52 Å². The number of carbonyl (C=O) groups excluding carboxylic acids is 1. The Morgan fingerprint density at radius 3 is 2.61 bits per heavy atom. The molecule has 3 aromatic rings. The van der Waals surface area contributed by atoms with E-state index in [2.05, 4.69) is 10.5 Å². The van der Waals surface area contributed by atoms with Crippen LogP contribution in [0.15, 0.2) is 65.2 Å². The van der Waals surface area contributed by atoms with E-state index in [-0.39, 0.29) is 17.4 Å². The zero-order valence-electron chi connectivity index (χ0n) is 12.4. The van der Waals surface area contributed by atoms with E-state index in [1.165, 1.54) is 6.07 Å². The van der Waals surface area contributed by atoms with Crippen molar-refractivity contribution in [1.29, 1.82) is 0 Å². The van der Waals surface area contributed by atoms with Crippen LogP contribution in [0.2, 0.25) is 0 Å². The molecule has 2 N–H and O–H groups in total. The van der Waals surface area contributed by atoms with Crippen LogP contribution in [0.4, 0.5) is 0 Å². The smallest absolute Gasteiger partial charge is 0.273 e. The van der Waals surface area contributed by atoms with E-state index in [1.54, 1.807) is 24.3 Å². The number of nitrogens with zero attached hydrogens (tertiary/aromatic N) is 1. The van der Waals surface area contributed by atoms with Gasteiger partial charge in [-0.1, -0.05) is 47.6 Å². The predicted molar refractivity (Wildman–Crippen MR) is 86.1 cm³/mol. The van der Waals surface area contributed by atoms with Gasteiger partial charge in [-0.25, -0.2) is 0 Å². The van der Waals surface area contributed by atoms with Gasteiger partial charge >= 0.3 is 0 Å². The largest absolute Gasteiger partial charge is 0.507 e. The minimum absolute atomic E-state index is 0.0830. The molecule has 23 heavy (non-hydrogen) atoms. The van der Waals surface area contributed by atoms with Crippen molar-refractivity contribution in [1.82, 2.24) is 10.5 Å². The van der Waals surface area contributed by atoms with Crippen molar-refractivity contribution in [3.63, 3.8) is 0 Å². The summed E-state index contributed by atoms with van der Waals surface area (Å²) in [7, 11) is 0. The van der Waals surface area contributed by atoms with Crippen LogP contribution in [0.3, 0.4) is 0 Å². The Balaban J connectivity index is 1.62. The number of amides is 1. The summed E-state index contributed by atoms with van der Waals surface area (Å²) in [6.07, 6.45) is 0.747. The number of rotatable bonds is 5. The molecule has 0 atom stereocenters. The number of para-hydroxylation sites is 1. The van der Waals surface area contributed by atoms with Crippen molar-refractivity contribution < 1.29 is 14.4 Å². The van der Waals surface area contributed by atoms with Crippen molar-refractivity contribution in [3.05, 3.63) is 71.9 Å². The molecule has 0 aliphatic carbocycles. The van der Waals surface area contributed by atoms with E-state index in [9.17, 15) is 9.90 Å². The average Bonchev–Trinajstić information content (AvgIpc) is 3.06. The van der Waals surface area contributed by atoms with Gasteiger partial charge in [-0.3, -0.25) is 4.79 Å². The van der Waals surface area contributed by atoms with Gasteiger partial charge in [0.05, 0.1) is 5.56 Å². The number of benzene rings is 2. The normalized spacial score (nSPS) is 10.4. The lowest BCUT2D eigenvalue weighted by molar-refractivity contribution is 0.0945. The first kappa shape index (κ1) is 14.8. The van der Waals surface area contributed by atoms with Gasteiger partial charge in [0.2, 0.25) is 0 Å². The van der Waals surface area contributed by atoms with E-state index in [0.29, 0.717) is 17.9 Å². The highest BCUT2D eigenvalue weighted by Gasteiger charge is 2.15. The molecule has 1 aromatic heterocycles. The lowest BCUT2D eigenvalue weighted by Crippen LogP contribution is -2.25. The Kier molecular flexibility index (Phi) is 4.38. The van der Waals surface area contributed by atoms with Crippen molar-refractivity contribution in [3.8, 4) is 17.1 Å².